The molecule has 4 aromatic rings. The number of hydrogen-bond acceptors (Lipinski definition) is 4. The molecule has 0 heterocycles. The zero-order valence-electron chi connectivity index (χ0n) is 21.3. The summed E-state index contributed by atoms with van der Waals surface area (Å²) >= 11 is 0. The van der Waals surface area contributed by atoms with Crippen LogP contribution in [0.2, 0.25) is 0 Å². The summed E-state index contributed by atoms with van der Waals surface area (Å²) in [5, 5.41) is 4.08. The van der Waals surface area contributed by atoms with Gasteiger partial charge in [-0.3, -0.25) is 4.79 Å². The minimum atomic E-state index is -0.271. The lowest BCUT2D eigenvalue weighted by atomic mass is 10.0. The number of amides is 1. The second kappa shape index (κ2) is 13.1. The van der Waals surface area contributed by atoms with E-state index in [1.165, 1.54) is 0 Å². The van der Waals surface area contributed by atoms with Crippen molar-refractivity contribution in [2.45, 2.75) is 26.9 Å². The molecule has 188 valence electrons. The highest BCUT2D eigenvalue weighted by Crippen LogP contribution is 2.30. The zero-order chi connectivity index (χ0) is 25.9. The van der Waals surface area contributed by atoms with Crippen LogP contribution in [0.15, 0.2) is 108 Å². The molecule has 4 rings (SSSR count). The molecule has 4 aromatic carbocycles. The average molecular weight is 493 g/mol. The minimum absolute atomic E-state index is 0.271. The Kier molecular flexibility index (Phi) is 9.08. The van der Waals surface area contributed by atoms with Crippen molar-refractivity contribution >= 4 is 12.1 Å². The van der Waals surface area contributed by atoms with Crippen molar-refractivity contribution in [2.75, 3.05) is 6.61 Å². The van der Waals surface area contributed by atoms with E-state index in [-0.39, 0.29) is 5.91 Å². The van der Waals surface area contributed by atoms with Crippen molar-refractivity contribution in [1.82, 2.24) is 5.43 Å². The first-order valence-corrected chi connectivity index (χ1v) is 12.5. The molecule has 0 fully saturated rings. The van der Waals surface area contributed by atoms with Gasteiger partial charge in [0.05, 0.1) is 12.8 Å². The molecule has 0 saturated heterocycles. The molecule has 0 aromatic heterocycles. The summed E-state index contributed by atoms with van der Waals surface area (Å²) in [5.74, 6) is 1.99. The van der Waals surface area contributed by atoms with Gasteiger partial charge in [0.1, 0.15) is 18.1 Å². The smallest absolute Gasteiger partial charge is 0.271 e. The van der Waals surface area contributed by atoms with Crippen LogP contribution in [0.1, 0.15) is 41.8 Å². The molecule has 0 saturated carbocycles. The number of rotatable bonds is 11. The van der Waals surface area contributed by atoms with Gasteiger partial charge in [-0.1, -0.05) is 74.5 Å². The maximum Gasteiger partial charge on any atom is 0.271 e. The maximum atomic E-state index is 12.5. The first-order chi connectivity index (χ1) is 18.1. The molecule has 37 heavy (non-hydrogen) atoms. The van der Waals surface area contributed by atoms with Gasteiger partial charge >= 0.3 is 0 Å². The lowest BCUT2D eigenvalue weighted by Crippen LogP contribution is -2.17. The van der Waals surface area contributed by atoms with E-state index in [0.29, 0.717) is 24.7 Å². The van der Waals surface area contributed by atoms with Gasteiger partial charge in [-0.15, -0.1) is 0 Å². The second-order valence-corrected chi connectivity index (χ2v) is 9.15. The predicted octanol–water partition coefficient (Wildman–Crippen LogP) is 7.12. The van der Waals surface area contributed by atoms with E-state index in [9.17, 15) is 4.79 Å². The van der Waals surface area contributed by atoms with E-state index in [1.807, 2.05) is 72.8 Å². The van der Waals surface area contributed by atoms with Gasteiger partial charge in [0.2, 0.25) is 0 Å². The lowest BCUT2D eigenvalue weighted by molar-refractivity contribution is 0.0955. The van der Waals surface area contributed by atoms with Gasteiger partial charge in [0.15, 0.2) is 0 Å². The van der Waals surface area contributed by atoms with E-state index in [0.717, 1.165) is 40.2 Å². The molecule has 0 aliphatic rings. The average Bonchev–Trinajstić information content (AvgIpc) is 2.93. The summed E-state index contributed by atoms with van der Waals surface area (Å²) in [5.41, 5.74) is 7.11. The number of nitrogens with zero attached hydrogens (tertiary/aromatic N) is 1. The molecule has 0 bridgehead atoms. The van der Waals surface area contributed by atoms with Crippen molar-refractivity contribution in [3.8, 4) is 22.6 Å². The van der Waals surface area contributed by atoms with Crippen LogP contribution in [0.25, 0.3) is 11.1 Å². The minimum Gasteiger partial charge on any atom is -0.494 e. The van der Waals surface area contributed by atoms with Gasteiger partial charge in [0, 0.05) is 11.1 Å². The lowest BCUT2D eigenvalue weighted by Gasteiger charge is -2.12. The number of nitrogens with one attached hydrogen (secondary N) is 1. The monoisotopic (exact) mass is 492 g/mol. The Bertz CT molecular complexity index is 1300. The number of carbonyl (C=O) groups excluding carboxylic acids is 1. The third kappa shape index (κ3) is 7.80. The van der Waals surface area contributed by atoms with Crippen molar-refractivity contribution in [3.05, 3.63) is 120 Å². The Morgan fingerprint density at radius 3 is 2.27 bits per heavy atom. The van der Waals surface area contributed by atoms with Crippen LogP contribution in [-0.4, -0.2) is 18.7 Å². The quantitative estimate of drug-likeness (QED) is 0.179. The summed E-state index contributed by atoms with van der Waals surface area (Å²) in [7, 11) is 0. The number of carbonyl (C=O) groups is 1. The summed E-state index contributed by atoms with van der Waals surface area (Å²) in [6, 6.07) is 33.1. The maximum absolute atomic E-state index is 12.5. The summed E-state index contributed by atoms with van der Waals surface area (Å²) < 4.78 is 11.8. The SMILES string of the molecule is CC(C)CCOc1ccc(C=NNC(=O)c2ccc(COc3ccccc3-c3ccccc3)cc2)cc1. The standard InChI is InChI=1S/C32H32N2O3/c1-24(2)20-21-36-29-18-14-25(15-19-29)22-33-34-32(35)28-16-12-26(13-17-28)23-37-31-11-7-6-10-30(31)27-8-4-3-5-9-27/h3-19,22,24H,20-21,23H2,1-2H3,(H,34,35). The van der Waals surface area contributed by atoms with E-state index in [1.54, 1.807) is 18.3 Å². The van der Waals surface area contributed by atoms with Crippen LogP contribution in [-0.2, 0) is 6.61 Å². The molecular weight excluding hydrogens is 460 g/mol. The Balaban J connectivity index is 1.27. The van der Waals surface area contributed by atoms with Crippen molar-refractivity contribution in [2.24, 2.45) is 11.0 Å². The summed E-state index contributed by atoms with van der Waals surface area (Å²) in [6.45, 7) is 5.45. The Labute approximate surface area is 218 Å². The topological polar surface area (TPSA) is 59.9 Å². The summed E-state index contributed by atoms with van der Waals surface area (Å²) in [4.78, 5) is 12.5. The van der Waals surface area contributed by atoms with Crippen molar-refractivity contribution < 1.29 is 14.3 Å². The second-order valence-electron chi connectivity index (χ2n) is 9.15. The third-order valence-corrected chi connectivity index (χ3v) is 5.81. The van der Waals surface area contributed by atoms with E-state index < -0.39 is 0 Å². The summed E-state index contributed by atoms with van der Waals surface area (Å²) in [6.07, 6.45) is 2.63. The third-order valence-electron chi connectivity index (χ3n) is 5.81. The fourth-order valence-electron chi connectivity index (χ4n) is 3.65. The number of hydrogen-bond donors (Lipinski definition) is 1. The van der Waals surface area contributed by atoms with Crippen LogP contribution < -0.4 is 14.9 Å². The Hall–Kier alpha value is -4.38. The van der Waals surface area contributed by atoms with Crippen LogP contribution in [0, 0.1) is 5.92 Å². The number of benzene rings is 4. The molecule has 1 N–H and O–H groups in total. The van der Waals surface area contributed by atoms with E-state index in [4.69, 9.17) is 9.47 Å². The van der Waals surface area contributed by atoms with Crippen LogP contribution in [0.3, 0.4) is 0 Å². The highest BCUT2D eigenvalue weighted by molar-refractivity contribution is 5.94. The molecule has 0 aliphatic heterocycles. The number of para-hydroxylation sites is 1. The van der Waals surface area contributed by atoms with E-state index in [2.05, 4.69) is 42.6 Å². The van der Waals surface area contributed by atoms with Gasteiger partial charge in [-0.2, -0.15) is 5.10 Å². The molecule has 0 aliphatic carbocycles. The van der Waals surface area contributed by atoms with Gasteiger partial charge in [-0.05, 0) is 71.5 Å². The predicted molar refractivity (Wildman–Crippen MR) is 149 cm³/mol. The number of hydrazone groups is 1. The van der Waals surface area contributed by atoms with Crippen LogP contribution in [0.4, 0.5) is 0 Å². The van der Waals surface area contributed by atoms with Crippen LogP contribution in [0.5, 0.6) is 11.5 Å². The first-order valence-electron chi connectivity index (χ1n) is 12.5. The van der Waals surface area contributed by atoms with Crippen molar-refractivity contribution in [3.63, 3.8) is 0 Å². The molecule has 0 atom stereocenters. The molecule has 1 amide bonds. The Morgan fingerprint density at radius 2 is 1.54 bits per heavy atom. The van der Waals surface area contributed by atoms with Gasteiger partial charge in [-0.25, -0.2) is 5.43 Å². The molecule has 0 unspecified atom stereocenters. The van der Waals surface area contributed by atoms with Crippen LogP contribution >= 0.6 is 0 Å². The van der Waals surface area contributed by atoms with Crippen molar-refractivity contribution in [1.29, 1.82) is 0 Å². The Morgan fingerprint density at radius 1 is 0.838 bits per heavy atom. The highest BCUT2D eigenvalue weighted by Gasteiger charge is 2.07. The normalized spacial score (nSPS) is 11.0. The molecular formula is C32H32N2O3. The number of ether oxygens (including phenoxy) is 2. The molecule has 5 heteroatoms. The molecule has 0 spiro atoms. The fraction of sp³-hybridized carbons (Fsp3) is 0.188. The first kappa shape index (κ1) is 25.7. The highest BCUT2D eigenvalue weighted by atomic mass is 16.5. The molecule has 0 radical (unpaired) electrons. The largest absolute Gasteiger partial charge is 0.494 e. The zero-order valence-corrected chi connectivity index (χ0v) is 21.3. The van der Waals surface area contributed by atoms with Gasteiger partial charge < -0.3 is 9.47 Å². The molecule has 5 nitrogen and oxygen atoms in total. The fourth-order valence-corrected chi connectivity index (χ4v) is 3.65. The van der Waals surface area contributed by atoms with Gasteiger partial charge in [0.25, 0.3) is 5.91 Å². The van der Waals surface area contributed by atoms with E-state index >= 15 is 0 Å².